The first-order valence-corrected chi connectivity index (χ1v) is 11.9. The maximum absolute atomic E-state index is 12.6. The molecular formula is C20H27N3O4S2. The Kier molecular flexibility index (Phi) is 6.81. The summed E-state index contributed by atoms with van der Waals surface area (Å²) < 4.78 is 32.3. The number of sulfonamides is 1. The minimum absolute atomic E-state index is 0.0235. The number of anilines is 1. The van der Waals surface area contributed by atoms with E-state index in [1.54, 1.807) is 41.8 Å². The molecule has 0 N–H and O–H groups in total. The number of ether oxygens (including phenoxy) is 1. The molecule has 0 bridgehead atoms. The van der Waals surface area contributed by atoms with Crippen LogP contribution in [-0.4, -0.2) is 70.0 Å². The average molecular weight is 438 g/mol. The van der Waals surface area contributed by atoms with Gasteiger partial charge in [-0.3, -0.25) is 14.0 Å². The Morgan fingerprint density at radius 2 is 1.79 bits per heavy atom. The van der Waals surface area contributed by atoms with Crippen LogP contribution in [0.25, 0.3) is 0 Å². The summed E-state index contributed by atoms with van der Waals surface area (Å²) in [5.74, 6) is 0.500. The molecule has 2 heterocycles. The summed E-state index contributed by atoms with van der Waals surface area (Å²) in [5, 5.41) is 1.73. The normalized spacial score (nSPS) is 15.5. The van der Waals surface area contributed by atoms with Crippen molar-refractivity contribution in [3.8, 4) is 5.75 Å². The summed E-state index contributed by atoms with van der Waals surface area (Å²) in [7, 11) is -2.05. The standard InChI is InChI=1S/C20H27N3O4S2/c1-16(2)22-10-12-23(13-11-22)19(24)15-27-18-8-6-17(7-9-18)21(3)29(25,26)20-5-4-14-28-20/h4-9,14,16H,10-13,15H2,1-3H3. The predicted molar refractivity (Wildman–Crippen MR) is 115 cm³/mol. The van der Waals surface area contributed by atoms with Crippen LogP contribution in [0.2, 0.25) is 0 Å². The fraction of sp³-hybridized carbons (Fsp3) is 0.450. The maximum atomic E-state index is 12.6. The molecule has 1 fully saturated rings. The van der Waals surface area contributed by atoms with Crippen LogP contribution in [-0.2, 0) is 14.8 Å². The number of piperazine rings is 1. The molecule has 1 aromatic heterocycles. The Bertz CT molecular complexity index is 904. The highest BCUT2D eigenvalue weighted by Gasteiger charge is 2.23. The summed E-state index contributed by atoms with van der Waals surface area (Å²) >= 11 is 1.18. The highest BCUT2D eigenvalue weighted by atomic mass is 32.2. The maximum Gasteiger partial charge on any atom is 0.273 e. The molecule has 0 unspecified atom stereocenters. The lowest BCUT2D eigenvalue weighted by molar-refractivity contribution is -0.135. The van der Waals surface area contributed by atoms with Crippen molar-refractivity contribution in [2.45, 2.75) is 24.1 Å². The van der Waals surface area contributed by atoms with Crippen LogP contribution < -0.4 is 9.04 Å². The van der Waals surface area contributed by atoms with E-state index in [0.29, 0.717) is 34.8 Å². The largest absolute Gasteiger partial charge is 0.484 e. The molecule has 1 aromatic carbocycles. The van der Waals surface area contributed by atoms with E-state index < -0.39 is 10.0 Å². The molecule has 0 spiro atoms. The number of carbonyl (C=O) groups excluding carboxylic acids is 1. The van der Waals surface area contributed by atoms with Crippen molar-refractivity contribution in [1.29, 1.82) is 0 Å². The van der Waals surface area contributed by atoms with Crippen LogP contribution in [0.1, 0.15) is 13.8 Å². The van der Waals surface area contributed by atoms with Gasteiger partial charge >= 0.3 is 0 Å². The molecule has 1 saturated heterocycles. The molecule has 0 atom stereocenters. The highest BCUT2D eigenvalue weighted by molar-refractivity contribution is 7.94. The topological polar surface area (TPSA) is 70.2 Å². The smallest absolute Gasteiger partial charge is 0.273 e. The molecule has 1 aliphatic rings. The van der Waals surface area contributed by atoms with Gasteiger partial charge in [0.2, 0.25) is 0 Å². The second-order valence-electron chi connectivity index (χ2n) is 7.20. The summed E-state index contributed by atoms with van der Waals surface area (Å²) in [6, 6.07) is 10.5. The zero-order valence-electron chi connectivity index (χ0n) is 16.9. The van der Waals surface area contributed by atoms with Gasteiger partial charge in [0.1, 0.15) is 9.96 Å². The van der Waals surface area contributed by atoms with Gasteiger partial charge in [0.25, 0.3) is 15.9 Å². The summed E-state index contributed by atoms with van der Waals surface area (Å²) in [6.45, 7) is 7.48. The zero-order valence-corrected chi connectivity index (χ0v) is 18.6. The van der Waals surface area contributed by atoms with E-state index in [1.807, 2.05) is 4.90 Å². The van der Waals surface area contributed by atoms with Gasteiger partial charge in [-0.15, -0.1) is 11.3 Å². The van der Waals surface area contributed by atoms with Crippen LogP contribution in [0.3, 0.4) is 0 Å². The fourth-order valence-electron chi connectivity index (χ4n) is 3.16. The Balaban J connectivity index is 1.54. The molecule has 2 aromatic rings. The SMILES string of the molecule is CC(C)N1CCN(C(=O)COc2ccc(N(C)S(=O)(=O)c3cccs3)cc2)CC1. The third-order valence-corrected chi connectivity index (χ3v) is 8.23. The van der Waals surface area contributed by atoms with Crippen LogP contribution in [0.4, 0.5) is 5.69 Å². The number of amides is 1. The number of thiophene rings is 1. The second kappa shape index (κ2) is 9.15. The lowest BCUT2D eigenvalue weighted by atomic mass is 10.2. The van der Waals surface area contributed by atoms with Crippen molar-refractivity contribution in [2.75, 3.05) is 44.1 Å². The molecule has 0 aliphatic carbocycles. The molecule has 0 saturated carbocycles. The Morgan fingerprint density at radius 3 is 2.34 bits per heavy atom. The molecule has 158 valence electrons. The number of benzene rings is 1. The van der Waals surface area contributed by atoms with Gasteiger partial charge in [-0.2, -0.15) is 0 Å². The van der Waals surface area contributed by atoms with Gasteiger partial charge in [0.15, 0.2) is 6.61 Å². The number of nitrogens with zero attached hydrogens (tertiary/aromatic N) is 3. The van der Waals surface area contributed by atoms with Crippen molar-refractivity contribution >= 4 is 33.0 Å². The van der Waals surface area contributed by atoms with E-state index in [-0.39, 0.29) is 12.5 Å². The highest BCUT2D eigenvalue weighted by Crippen LogP contribution is 2.26. The molecule has 0 radical (unpaired) electrons. The first-order valence-electron chi connectivity index (χ1n) is 9.56. The van der Waals surface area contributed by atoms with E-state index in [0.717, 1.165) is 13.1 Å². The predicted octanol–water partition coefficient (Wildman–Crippen LogP) is 2.50. The molecule has 7 nitrogen and oxygen atoms in total. The second-order valence-corrected chi connectivity index (χ2v) is 10.3. The van der Waals surface area contributed by atoms with Gasteiger partial charge in [-0.05, 0) is 49.6 Å². The number of carbonyl (C=O) groups is 1. The molecule has 3 rings (SSSR count). The third-order valence-electron chi connectivity index (χ3n) is 5.07. The van der Waals surface area contributed by atoms with Crippen molar-refractivity contribution in [2.24, 2.45) is 0 Å². The van der Waals surface area contributed by atoms with Crippen LogP contribution >= 0.6 is 11.3 Å². The fourth-order valence-corrected chi connectivity index (χ4v) is 5.52. The lowest BCUT2D eigenvalue weighted by Gasteiger charge is -2.36. The monoisotopic (exact) mass is 437 g/mol. The van der Waals surface area contributed by atoms with Gasteiger partial charge in [-0.25, -0.2) is 8.42 Å². The van der Waals surface area contributed by atoms with E-state index in [9.17, 15) is 13.2 Å². The third kappa shape index (κ3) is 5.09. The number of hydrogen-bond donors (Lipinski definition) is 0. The van der Waals surface area contributed by atoms with E-state index in [4.69, 9.17) is 4.74 Å². The van der Waals surface area contributed by atoms with Crippen LogP contribution in [0, 0.1) is 0 Å². The van der Waals surface area contributed by atoms with E-state index in [2.05, 4.69) is 18.7 Å². The van der Waals surface area contributed by atoms with Crippen LogP contribution in [0.5, 0.6) is 5.75 Å². The minimum Gasteiger partial charge on any atom is -0.484 e. The van der Waals surface area contributed by atoms with Crippen molar-refractivity contribution in [3.05, 3.63) is 41.8 Å². The molecule has 29 heavy (non-hydrogen) atoms. The quantitative estimate of drug-likeness (QED) is 0.666. The Labute approximate surface area is 176 Å². The average Bonchev–Trinajstić information content (AvgIpc) is 3.27. The molecular weight excluding hydrogens is 410 g/mol. The van der Waals surface area contributed by atoms with Crippen LogP contribution in [0.15, 0.2) is 46.0 Å². The van der Waals surface area contributed by atoms with Crippen molar-refractivity contribution in [1.82, 2.24) is 9.80 Å². The van der Waals surface area contributed by atoms with Crippen molar-refractivity contribution < 1.29 is 17.9 Å². The first kappa shape index (κ1) is 21.6. The summed E-state index contributed by atoms with van der Waals surface area (Å²) in [6.07, 6.45) is 0. The molecule has 1 aliphatic heterocycles. The molecule has 9 heteroatoms. The summed E-state index contributed by atoms with van der Waals surface area (Å²) in [4.78, 5) is 16.6. The van der Waals surface area contributed by atoms with Gasteiger partial charge < -0.3 is 9.64 Å². The summed E-state index contributed by atoms with van der Waals surface area (Å²) in [5.41, 5.74) is 0.530. The van der Waals surface area contributed by atoms with E-state index in [1.165, 1.54) is 22.7 Å². The first-order chi connectivity index (χ1) is 13.8. The molecule has 1 amide bonds. The Hall–Kier alpha value is -2.10. The number of rotatable bonds is 7. The Morgan fingerprint density at radius 1 is 1.14 bits per heavy atom. The zero-order chi connectivity index (χ0) is 21.0. The van der Waals surface area contributed by atoms with Gasteiger partial charge in [0, 0.05) is 39.3 Å². The lowest BCUT2D eigenvalue weighted by Crippen LogP contribution is -2.51. The van der Waals surface area contributed by atoms with Gasteiger partial charge in [0.05, 0.1) is 5.69 Å². The number of hydrogen-bond acceptors (Lipinski definition) is 6. The minimum atomic E-state index is -3.57. The van der Waals surface area contributed by atoms with E-state index >= 15 is 0 Å². The van der Waals surface area contributed by atoms with Gasteiger partial charge in [-0.1, -0.05) is 6.07 Å². The van der Waals surface area contributed by atoms with Crippen molar-refractivity contribution in [3.63, 3.8) is 0 Å².